The molecule has 122 valence electrons. The van der Waals surface area contributed by atoms with Gasteiger partial charge in [0.2, 0.25) is 0 Å². The summed E-state index contributed by atoms with van der Waals surface area (Å²) in [5, 5.41) is 1.10. The summed E-state index contributed by atoms with van der Waals surface area (Å²) in [6.07, 6.45) is 6.99. The predicted octanol–water partition coefficient (Wildman–Crippen LogP) is 1.57. The third-order valence-corrected chi connectivity index (χ3v) is 4.56. The predicted molar refractivity (Wildman–Crippen MR) is 82.1 cm³/mol. The minimum Gasteiger partial charge on any atom is -0.272 e. The Kier molecular flexibility index (Phi) is 4.27. The number of hydrazine groups is 1. The van der Waals surface area contributed by atoms with Crippen molar-refractivity contribution in [2.45, 2.75) is 38.6 Å². The highest BCUT2D eigenvalue weighted by molar-refractivity contribution is 6.04. The topological polar surface area (TPSA) is 82.6 Å². The first kappa shape index (κ1) is 15.5. The van der Waals surface area contributed by atoms with E-state index >= 15 is 0 Å². The number of imide groups is 1. The van der Waals surface area contributed by atoms with Gasteiger partial charge in [-0.25, -0.2) is 9.80 Å². The summed E-state index contributed by atoms with van der Waals surface area (Å²) in [4.78, 5) is 42.1. The van der Waals surface area contributed by atoms with Crippen LogP contribution in [0.5, 0.6) is 0 Å². The zero-order chi connectivity index (χ0) is 16.4. The van der Waals surface area contributed by atoms with Crippen LogP contribution in [0, 0.1) is 5.92 Å². The number of pyridine rings is 1. The zero-order valence-corrected chi connectivity index (χ0v) is 13.1. The summed E-state index contributed by atoms with van der Waals surface area (Å²) in [6, 6.07) is 2.74. The first-order valence-electron chi connectivity index (χ1n) is 7.92. The number of aromatic nitrogens is 1. The van der Waals surface area contributed by atoms with Crippen LogP contribution in [0.2, 0.25) is 0 Å². The molecular formula is C16H20N4O3. The zero-order valence-electron chi connectivity index (χ0n) is 13.1. The lowest BCUT2D eigenvalue weighted by Crippen LogP contribution is -2.49. The number of nitrogens with zero attached hydrogens (tertiary/aromatic N) is 3. The van der Waals surface area contributed by atoms with E-state index in [1.165, 1.54) is 11.1 Å². The van der Waals surface area contributed by atoms with Crippen LogP contribution in [0.3, 0.4) is 0 Å². The Labute approximate surface area is 134 Å². The summed E-state index contributed by atoms with van der Waals surface area (Å²) in [5.74, 6) is -0.399. The smallest absolute Gasteiger partial charge is 0.272 e. The Balaban J connectivity index is 1.70. The Morgan fingerprint density at radius 1 is 1.30 bits per heavy atom. The van der Waals surface area contributed by atoms with Crippen molar-refractivity contribution >= 4 is 17.8 Å². The van der Waals surface area contributed by atoms with Crippen LogP contribution in [-0.2, 0) is 4.79 Å². The number of hydrogen-bond acceptors (Lipinski definition) is 4. The van der Waals surface area contributed by atoms with Crippen LogP contribution >= 0.6 is 0 Å². The summed E-state index contributed by atoms with van der Waals surface area (Å²) >= 11 is 0. The molecule has 1 aliphatic heterocycles. The number of carbonyl (C=O) groups is 3. The van der Waals surface area contributed by atoms with Gasteiger partial charge >= 0.3 is 6.03 Å². The van der Waals surface area contributed by atoms with Crippen LogP contribution in [0.1, 0.15) is 43.0 Å². The lowest BCUT2D eigenvalue weighted by Gasteiger charge is -2.34. The Hall–Kier alpha value is -2.44. The third kappa shape index (κ3) is 3.04. The molecule has 0 spiro atoms. The fraction of sp³-hybridized carbons (Fsp3) is 0.500. The molecule has 3 rings (SSSR count). The molecule has 2 aliphatic rings. The van der Waals surface area contributed by atoms with Gasteiger partial charge in [0, 0.05) is 18.4 Å². The van der Waals surface area contributed by atoms with Gasteiger partial charge in [-0.15, -0.1) is 0 Å². The second-order valence-corrected chi connectivity index (χ2v) is 6.14. The number of nitrogens with one attached hydrogen (secondary N) is 1. The standard InChI is InChI=1S/C16H20N4O3/c1-11-5-2-3-7-13(11)20-14(21)10-19(16(20)23)18-15(22)12-6-4-8-17-9-12/h4,6,8-9,11,13H,2-3,5,7,10H2,1H3,(H,18,22)/t11-,13-/m1/s1. The SMILES string of the molecule is C[C@@H]1CCCC[C@H]1N1C(=O)CN(NC(=O)c2cccnc2)C1=O. The number of amides is 4. The van der Waals surface area contributed by atoms with Gasteiger partial charge in [-0.1, -0.05) is 19.8 Å². The van der Waals surface area contributed by atoms with Crippen molar-refractivity contribution in [2.75, 3.05) is 6.54 Å². The monoisotopic (exact) mass is 316 g/mol. The van der Waals surface area contributed by atoms with Gasteiger partial charge < -0.3 is 0 Å². The highest BCUT2D eigenvalue weighted by atomic mass is 16.2. The molecule has 1 saturated heterocycles. The van der Waals surface area contributed by atoms with E-state index in [1.807, 2.05) is 0 Å². The van der Waals surface area contributed by atoms with E-state index in [-0.39, 0.29) is 18.5 Å². The number of urea groups is 1. The van der Waals surface area contributed by atoms with Gasteiger partial charge in [0.05, 0.1) is 5.56 Å². The van der Waals surface area contributed by atoms with Crippen molar-refractivity contribution in [1.29, 1.82) is 0 Å². The molecule has 0 unspecified atom stereocenters. The van der Waals surface area contributed by atoms with Crippen LogP contribution in [0.25, 0.3) is 0 Å². The quantitative estimate of drug-likeness (QED) is 0.858. The lowest BCUT2D eigenvalue weighted by molar-refractivity contribution is -0.128. The number of hydrogen-bond donors (Lipinski definition) is 1. The molecule has 4 amide bonds. The molecular weight excluding hydrogens is 296 g/mol. The van der Waals surface area contributed by atoms with Gasteiger partial charge in [0.25, 0.3) is 11.8 Å². The summed E-state index contributed by atoms with van der Waals surface area (Å²) in [7, 11) is 0. The molecule has 1 aromatic rings. The first-order valence-corrected chi connectivity index (χ1v) is 7.92. The maximum atomic E-state index is 12.5. The molecule has 7 heteroatoms. The minimum atomic E-state index is -0.446. The lowest BCUT2D eigenvalue weighted by atomic mass is 9.85. The van der Waals surface area contributed by atoms with Crippen LogP contribution in [0.4, 0.5) is 4.79 Å². The molecule has 23 heavy (non-hydrogen) atoms. The number of rotatable bonds is 3. The summed E-state index contributed by atoms with van der Waals surface area (Å²) in [6.45, 7) is 1.95. The van der Waals surface area contributed by atoms with Gasteiger partial charge in [0.1, 0.15) is 6.54 Å². The second kappa shape index (κ2) is 6.36. The van der Waals surface area contributed by atoms with Crippen molar-refractivity contribution < 1.29 is 14.4 Å². The van der Waals surface area contributed by atoms with Crippen LogP contribution in [0.15, 0.2) is 24.5 Å². The molecule has 2 atom stereocenters. The van der Waals surface area contributed by atoms with Gasteiger partial charge in [-0.05, 0) is 30.9 Å². The van der Waals surface area contributed by atoms with Gasteiger partial charge in [0.15, 0.2) is 0 Å². The van der Waals surface area contributed by atoms with Crippen LogP contribution < -0.4 is 5.43 Å². The third-order valence-electron chi connectivity index (χ3n) is 4.56. The second-order valence-electron chi connectivity index (χ2n) is 6.14. The van der Waals surface area contributed by atoms with Gasteiger partial charge in [-0.3, -0.25) is 24.9 Å². The largest absolute Gasteiger partial charge is 0.346 e. The highest BCUT2D eigenvalue weighted by Gasteiger charge is 2.43. The van der Waals surface area contributed by atoms with E-state index in [2.05, 4.69) is 17.3 Å². The maximum Gasteiger partial charge on any atom is 0.346 e. The molecule has 2 heterocycles. The molecule has 7 nitrogen and oxygen atoms in total. The van der Waals surface area contributed by atoms with Gasteiger partial charge in [-0.2, -0.15) is 0 Å². The van der Waals surface area contributed by atoms with E-state index in [9.17, 15) is 14.4 Å². The molecule has 1 aliphatic carbocycles. The van der Waals surface area contributed by atoms with Crippen molar-refractivity contribution in [3.63, 3.8) is 0 Å². The Bertz CT molecular complexity index is 619. The molecule has 1 aromatic heterocycles. The molecule has 0 aromatic carbocycles. The minimum absolute atomic E-state index is 0.0657. The van der Waals surface area contributed by atoms with E-state index < -0.39 is 11.9 Å². The Morgan fingerprint density at radius 3 is 2.78 bits per heavy atom. The Morgan fingerprint density at radius 2 is 2.09 bits per heavy atom. The summed E-state index contributed by atoms with van der Waals surface area (Å²) < 4.78 is 0. The molecule has 0 radical (unpaired) electrons. The average Bonchev–Trinajstić information content (AvgIpc) is 2.83. The fourth-order valence-electron chi connectivity index (χ4n) is 3.29. The molecule has 2 fully saturated rings. The number of carbonyl (C=O) groups excluding carboxylic acids is 3. The van der Waals surface area contributed by atoms with Crippen molar-refractivity contribution in [1.82, 2.24) is 20.3 Å². The van der Waals surface area contributed by atoms with Crippen molar-refractivity contribution in [3.05, 3.63) is 30.1 Å². The average molecular weight is 316 g/mol. The van der Waals surface area contributed by atoms with E-state index in [0.717, 1.165) is 30.7 Å². The van der Waals surface area contributed by atoms with Crippen LogP contribution in [-0.4, -0.2) is 45.3 Å². The van der Waals surface area contributed by atoms with Crippen molar-refractivity contribution in [2.24, 2.45) is 5.92 Å². The summed E-state index contributed by atoms with van der Waals surface area (Å²) in [5.41, 5.74) is 2.85. The van der Waals surface area contributed by atoms with E-state index in [0.29, 0.717) is 11.5 Å². The normalized spacial score (nSPS) is 24.9. The van der Waals surface area contributed by atoms with E-state index in [4.69, 9.17) is 0 Å². The van der Waals surface area contributed by atoms with Crippen molar-refractivity contribution in [3.8, 4) is 0 Å². The first-order chi connectivity index (χ1) is 11.1. The molecule has 1 saturated carbocycles. The fourth-order valence-corrected chi connectivity index (χ4v) is 3.29. The molecule has 1 N–H and O–H groups in total. The maximum absolute atomic E-state index is 12.5. The molecule has 0 bridgehead atoms. The highest BCUT2D eigenvalue weighted by Crippen LogP contribution is 2.30. The van der Waals surface area contributed by atoms with E-state index in [1.54, 1.807) is 18.3 Å².